The van der Waals surface area contributed by atoms with Crippen molar-refractivity contribution in [3.05, 3.63) is 108 Å². The van der Waals surface area contributed by atoms with E-state index in [0.717, 1.165) is 48.6 Å². The molecular formula is C31H28F3N5. The Morgan fingerprint density at radius 1 is 0.974 bits per heavy atom. The van der Waals surface area contributed by atoms with Crippen molar-refractivity contribution in [2.24, 2.45) is 0 Å². The highest BCUT2D eigenvalue weighted by atomic mass is 19.4. The molecule has 5 rings (SSSR count). The van der Waals surface area contributed by atoms with Gasteiger partial charge in [-0.25, -0.2) is 4.98 Å². The second-order valence-electron chi connectivity index (χ2n) is 9.62. The summed E-state index contributed by atoms with van der Waals surface area (Å²) in [5, 5.41) is 4.99. The maximum absolute atomic E-state index is 14.0. The van der Waals surface area contributed by atoms with Gasteiger partial charge in [-0.2, -0.15) is 13.2 Å². The van der Waals surface area contributed by atoms with Gasteiger partial charge in [0.25, 0.3) is 0 Å². The quantitative estimate of drug-likeness (QED) is 0.329. The average molecular weight is 528 g/mol. The molecule has 39 heavy (non-hydrogen) atoms. The Morgan fingerprint density at radius 3 is 2.56 bits per heavy atom. The van der Waals surface area contributed by atoms with Crippen LogP contribution < -0.4 is 5.32 Å². The van der Waals surface area contributed by atoms with Crippen LogP contribution in [0.15, 0.2) is 79.6 Å². The average Bonchev–Trinajstić information content (AvgIpc) is 2.93. The van der Waals surface area contributed by atoms with E-state index in [0.29, 0.717) is 22.8 Å². The fourth-order valence-electron chi connectivity index (χ4n) is 4.56. The number of hydrogen-bond donors (Lipinski definition) is 1. The van der Waals surface area contributed by atoms with Crippen LogP contribution in [0, 0.1) is 11.8 Å². The Hall–Kier alpha value is -4.19. The van der Waals surface area contributed by atoms with Gasteiger partial charge in [-0.1, -0.05) is 48.9 Å². The van der Waals surface area contributed by atoms with Crippen molar-refractivity contribution in [3.8, 4) is 11.8 Å². The molecular weight excluding hydrogens is 499 g/mol. The van der Waals surface area contributed by atoms with Gasteiger partial charge in [-0.05, 0) is 42.8 Å². The lowest BCUT2D eigenvalue weighted by atomic mass is 10.0. The van der Waals surface area contributed by atoms with Crippen molar-refractivity contribution in [3.63, 3.8) is 0 Å². The van der Waals surface area contributed by atoms with Gasteiger partial charge >= 0.3 is 6.18 Å². The fraction of sp³-hybridized carbons (Fsp3) is 0.226. The molecule has 0 bridgehead atoms. The number of anilines is 1. The standard InChI is InChI=1S/C31H28F3N5/c1-22(30-9-5-7-26(37-30)12-10-24-20-35-19-23-6-3-4-8-28(23)24)36-27-13-11-25(29(18-27)31(32,33)34)21-39-16-14-38(2)15-17-39/h3-9,11,13,18-20,36H,1,14-17,21H2,2H3. The molecule has 1 saturated heterocycles. The Bertz CT molecular complexity index is 1550. The Morgan fingerprint density at radius 2 is 1.77 bits per heavy atom. The van der Waals surface area contributed by atoms with Gasteiger partial charge in [0.2, 0.25) is 0 Å². The third-order valence-electron chi connectivity index (χ3n) is 6.75. The molecule has 1 N–H and O–H groups in total. The number of rotatable bonds is 5. The molecule has 1 aliphatic heterocycles. The molecule has 198 valence electrons. The Kier molecular flexibility index (Phi) is 7.64. The monoisotopic (exact) mass is 527 g/mol. The van der Waals surface area contributed by atoms with Gasteiger partial charge in [0, 0.05) is 61.6 Å². The lowest BCUT2D eigenvalue weighted by Gasteiger charge is -2.33. The molecule has 3 heterocycles. The predicted molar refractivity (Wildman–Crippen MR) is 149 cm³/mol. The SMILES string of the molecule is C=C(Nc1ccc(CN2CCN(C)CC2)c(C(F)(F)F)c1)c1cccc(C#Cc2cncc3ccccc23)n1. The number of nitrogens with zero attached hydrogens (tertiary/aromatic N) is 4. The first-order valence-corrected chi connectivity index (χ1v) is 12.7. The molecule has 5 nitrogen and oxygen atoms in total. The number of likely N-dealkylation sites (N-methyl/N-ethyl adjacent to an activating group) is 1. The number of nitrogens with one attached hydrogen (secondary N) is 1. The molecule has 0 amide bonds. The highest BCUT2D eigenvalue weighted by Gasteiger charge is 2.34. The molecule has 4 aromatic rings. The third kappa shape index (κ3) is 6.45. The predicted octanol–water partition coefficient (Wildman–Crippen LogP) is 5.88. The zero-order valence-corrected chi connectivity index (χ0v) is 21.6. The van der Waals surface area contributed by atoms with Crippen LogP contribution in [0.2, 0.25) is 0 Å². The van der Waals surface area contributed by atoms with E-state index in [4.69, 9.17) is 0 Å². The second-order valence-corrected chi connectivity index (χ2v) is 9.62. The van der Waals surface area contributed by atoms with Gasteiger partial charge in [0.05, 0.1) is 22.5 Å². The minimum atomic E-state index is -4.47. The smallest absolute Gasteiger partial charge is 0.354 e. The molecule has 0 unspecified atom stereocenters. The molecule has 1 fully saturated rings. The number of halogens is 3. The van der Waals surface area contributed by atoms with Crippen molar-refractivity contribution in [1.29, 1.82) is 0 Å². The van der Waals surface area contributed by atoms with E-state index >= 15 is 0 Å². The first-order chi connectivity index (χ1) is 18.8. The van der Waals surface area contributed by atoms with Crippen LogP contribution in [0.5, 0.6) is 0 Å². The van der Waals surface area contributed by atoms with Gasteiger partial charge in [0.15, 0.2) is 0 Å². The highest BCUT2D eigenvalue weighted by Crippen LogP contribution is 2.35. The normalized spacial score (nSPS) is 14.6. The summed E-state index contributed by atoms with van der Waals surface area (Å²) in [6.07, 6.45) is -0.964. The summed E-state index contributed by atoms with van der Waals surface area (Å²) in [4.78, 5) is 13.0. The zero-order chi connectivity index (χ0) is 27.4. The summed E-state index contributed by atoms with van der Waals surface area (Å²) >= 11 is 0. The molecule has 2 aromatic heterocycles. The lowest BCUT2D eigenvalue weighted by Crippen LogP contribution is -2.44. The number of aromatic nitrogens is 2. The van der Waals surface area contributed by atoms with Crippen LogP contribution in [-0.4, -0.2) is 53.0 Å². The van der Waals surface area contributed by atoms with Crippen molar-refractivity contribution in [2.75, 3.05) is 38.5 Å². The van der Waals surface area contributed by atoms with Crippen LogP contribution in [0.4, 0.5) is 18.9 Å². The Labute approximate surface area is 226 Å². The number of hydrogen-bond acceptors (Lipinski definition) is 5. The first kappa shape index (κ1) is 26.4. The number of piperazine rings is 1. The summed E-state index contributed by atoms with van der Waals surface area (Å²) in [5.74, 6) is 6.19. The minimum Gasteiger partial charge on any atom is -0.354 e. The maximum Gasteiger partial charge on any atom is 0.416 e. The topological polar surface area (TPSA) is 44.3 Å². The largest absolute Gasteiger partial charge is 0.416 e. The minimum absolute atomic E-state index is 0.262. The van der Waals surface area contributed by atoms with Gasteiger partial charge in [-0.3, -0.25) is 9.88 Å². The summed E-state index contributed by atoms with van der Waals surface area (Å²) in [7, 11) is 2.02. The van der Waals surface area contributed by atoms with Gasteiger partial charge < -0.3 is 10.2 Å². The van der Waals surface area contributed by atoms with Gasteiger partial charge in [-0.15, -0.1) is 0 Å². The van der Waals surface area contributed by atoms with Crippen LogP contribution in [-0.2, 0) is 12.7 Å². The molecule has 1 aliphatic rings. The summed E-state index contributed by atoms with van der Waals surface area (Å²) in [5.41, 5.74) is 2.10. The van der Waals surface area contributed by atoms with Crippen LogP contribution >= 0.6 is 0 Å². The molecule has 2 aromatic carbocycles. The third-order valence-corrected chi connectivity index (χ3v) is 6.75. The zero-order valence-electron chi connectivity index (χ0n) is 21.6. The number of pyridine rings is 2. The second kappa shape index (κ2) is 11.3. The van der Waals surface area contributed by atoms with E-state index in [2.05, 4.69) is 43.5 Å². The van der Waals surface area contributed by atoms with E-state index in [-0.39, 0.29) is 12.1 Å². The molecule has 0 spiro atoms. The molecule has 0 saturated carbocycles. The summed E-state index contributed by atoms with van der Waals surface area (Å²) < 4.78 is 41.9. The highest BCUT2D eigenvalue weighted by molar-refractivity contribution is 5.87. The first-order valence-electron chi connectivity index (χ1n) is 12.7. The van der Waals surface area contributed by atoms with Crippen LogP contribution in [0.3, 0.4) is 0 Å². The molecule has 0 radical (unpaired) electrons. The molecule has 0 atom stereocenters. The molecule has 8 heteroatoms. The van der Waals surface area contributed by atoms with Gasteiger partial charge in [0.1, 0.15) is 5.69 Å². The lowest BCUT2D eigenvalue weighted by molar-refractivity contribution is -0.138. The van der Waals surface area contributed by atoms with E-state index in [1.165, 1.54) is 0 Å². The van der Waals surface area contributed by atoms with E-state index in [9.17, 15) is 13.2 Å². The van der Waals surface area contributed by atoms with Crippen molar-refractivity contribution < 1.29 is 13.2 Å². The van der Waals surface area contributed by atoms with E-state index < -0.39 is 11.7 Å². The summed E-state index contributed by atoms with van der Waals surface area (Å²) in [6.45, 7) is 7.44. The van der Waals surface area contributed by atoms with E-state index in [1.54, 1.807) is 42.7 Å². The number of benzene rings is 2. The molecule has 0 aliphatic carbocycles. The maximum atomic E-state index is 14.0. The fourth-order valence-corrected chi connectivity index (χ4v) is 4.56. The Balaban J connectivity index is 1.33. The van der Waals surface area contributed by atoms with E-state index in [1.807, 2.05) is 31.3 Å². The number of fused-ring (bicyclic) bond motifs is 1. The summed E-state index contributed by atoms with van der Waals surface area (Å²) in [6, 6.07) is 17.5. The van der Waals surface area contributed by atoms with Crippen LogP contribution in [0.1, 0.15) is 28.1 Å². The van der Waals surface area contributed by atoms with Crippen LogP contribution in [0.25, 0.3) is 16.5 Å². The van der Waals surface area contributed by atoms with Crippen molar-refractivity contribution >= 4 is 22.2 Å². The van der Waals surface area contributed by atoms with Crippen molar-refractivity contribution in [1.82, 2.24) is 19.8 Å². The van der Waals surface area contributed by atoms with Crippen molar-refractivity contribution in [2.45, 2.75) is 12.7 Å². The number of alkyl halides is 3.